The number of hydrogen-bond donors (Lipinski definition) is 1. The Hall–Kier alpha value is -2.13. The Labute approximate surface area is 123 Å². The fourth-order valence-electron chi connectivity index (χ4n) is 4.06. The summed E-state index contributed by atoms with van der Waals surface area (Å²) in [5.74, 6) is -0.605. The van der Waals surface area contributed by atoms with Gasteiger partial charge in [-0.2, -0.15) is 0 Å². The Morgan fingerprint density at radius 2 is 1.62 bits per heavy atom. The van der Waals surface area contributed by atoms with Crippen molar-refractivity contribution in [3.8, 4) is 0 Å². The SMILES string of the molecule is COC(=O)C1CC2(O)c3ccccc3C1c1ccccc12. The summed E-state index contributed by atoms with van der Waals surface area (Å²) in [7, 11) is 1.41. The smallest absolute Gasteiger partial charge is 0.309 e. The molecular weight excluding hydrogens is 264 g/mol. The van der Waals surface area contributed by atoms with Crippen LogP contribution in [0.5, 0.6) is 0 Å². The molecule has 21 heavy (non-hydrogen) atoms. The average molecular weight is 280 g/mol. The van der Waals surface area contributed by atoms with Gasteiger partial charge in [-0.3, -0.25) is 4.79 Å². The Balaban J connectivity index is 2.02. The highest BCUT2D eigenvalue weighted by Gasteiger charge is 2.54. The van der Waals surface area contributed by atoms with E-state index in [1.807, 2.05) is 48.5 Å². The number of ether oxygens (including phenoxy) is 1. The van der Waals surface area contributed by atoms with Crippen LogP contribution in [0, 0.1) is 5.92 Å². The molecule has 0 amide bonds. The topological polar surface area (TPSA) is 46.5 Å². The van der Waals surface area contributed by atoms with Gasteiger partial charge < -0.3 is 9.84 Å². The third-order valence-corrected chi connectivity index (χ3v) is 4.90. The number of fused-ring (bicyclic) bond motifs is 1. The van der Waals surface area contributed by atoms with Gasteiger partial charge in [0.1, 0.15) is 5.60 Å². The molecule has 0 aliphatic heterocycles. The summed E-state index contributed by atoms with van der Waals surface area (Å²) in [5.41, 5.74) is 2.84. The number of carbonyl (C=O) groups excluding carboxylic acids is 1. The maximum Gasteiger partial charge on any atom is 0.309 e. The summed E-state index contributed by atoms with van der Waals surface area (Å²) in [6, 6.07) is 15.7. The van der Waals surface area contributed by atoms with Gasteiger partial charge in [0.2, 0.25) is 0 Å². The molecule has 2 aromatic rings. The number of aliphatic hydroxyl groups is 1. The maximum atomic E-state index is 12.2. The Kier molecular flexibility index (Phi) is 2.51. The van der Waals surface area contributed by atoms with Crippen LogP contribution in [0.2, 0.25) is 0 Å². The summed E-state index contributed by atoms with van der Waals surface area (Å²) >= 11 is 0. The monoisotopic (exact) mass is 280 g/mol. The van der Waals surface area contributed by atoms with Crippen LogP contribution in [-0.2, 0) is 15.1 Å². The molecule has 1 unspecified atom stereocenters. The average Bonchev–Trinajstić information content (AvgIpc) is 2.54. The second-order valence-electron chi connectivity index (χ2n) is 5.85. The molecule has 0 spiro atoms. The van der Waals surface area contributed by atoms with Crippen LogP contribution in [0.25, 0.3) is 0 Å². The minimum atomic E-state index is -1.10. The summed E-state index contributed by atoms with van der Waals surface area (Å²) in [4.78, 5) is 12.2. The van der Waals surface area contributed by atoms with E-state index >= 15 is 0 Å². The van der Waals surface area contributed by atoms with E-state index in [1.54, 1.807) is 0 Å². The van der Waals surface area contributed by atoms with E-state index in [2.05, 4.69) is 0 Å². The van der Waals surface area contributed by atoms with Crippen molar-refractivity contribution in [1.29, 1.82) is 0 Å². The molecular formula is C18H16O3. The predicted molar refractivity (Wildman–Crippen MR) is 77.8 cm³/mol. The molecule has 0 saturated carbocycles. The zero-order chi connectivity index (χ0) is 14.6. The first-order chi connectivity index (χ1) is 10.2. The quantitative estimate of drug-likeness (QED) is 0.817. The maximum absolute atomic E-state index is 12.2. The largest absolute Gasteiger partial charge is 0.469 e. The molecule has 0 fully saturated rings. The van der Waals surface area contributed by atoms with Gasteiger partial charge >= 0.3 is 5.97 Å². The van der Waals surface area contributed by atoms with Crippen molar-refractivity contribution < 1.29 is 14.6 Å². The first-order valence-corrected chi connectivity index (χ1v) is 7.16. The first kappa shape index (κ1) is 12.6. The fraction of sp³-hybridized carbons (Fsp3) is 0.278. The molecule has 106 valence electrons. The molecule has 0 heterocycles. The van der Waals surface area contributed by atoms with Crippen molar-refractivity contribution >= 4 is 5.97 Å². The number of esters is 1. The summed E-state index contributed by atoms with van der Waals surface area (Å²) in [6.07, 6.45) is 0.387. The zero-order valence-electron chi connectivity index (χ0n) is 11.7. The van der Waals surface area contributed by atoms with Gasteiger partial charge in [-0.25, -0.2) is 0 Å². The lowest BCUT2D eigenvalue weighted by Crippen LogP contribution is -2.47. The second kappa shape index (κ2) is 4.18. The number of carbonyl (C=O) groups is 1. The van der Waals surface area contributed by atoms with Crippen LogP contribution in [0.3, 0.4) is 0 Å². The van der Waals surface area contributed by atoms with Crippen LogP contribution in [0.15, 0.2) is 48.5 Å². The van der Waals surface area contributed by atoms with E-state index in [9.17, 15) is 9.90 Å². The lowest BCUT2D eigenvalue weighted by molar-refractivity contribution is -0.149. The molecule has 3 nitrogen and oxygen atoms in total. The van der Waals surface area contributed by atoms with Gasteiger partial charge in [0.25, 0.3) is 0 Å². The van der Waals surface area contributed by atoms with E-state index in [0.29, 0.717) is 6.42 Å². The standard InChI is InChI=1S/C18H16O3/c1-21-17(19)13-10-18(20)14-8-4-2-6-11(14)16(13)12-7-3-5-9-15(12)18/h2-9,13,16,20H,10H2,1H3. The summed E-state index contributed by atoms with van der Waals surface area (Å²) in [5, 5.41) is 11.3. The van der Waals surface area contributed by atoms with Crippen LogP contribution >= 0.6 is 0 Å². The van der Waals surface area contributed by atoms with Crippen molar-refractivity contribution in [2.45, 2.75) is 17.9 Å². The minimum Gasteiger partial charge on any atom is -0.469 e. The van der Waals surface area contributed by atoms with Crippen molar-refractivity contribution in [1.82, 2.24) is 0 Å². The molecule has 3 heteroatoms. The molecule has 1 N–H and O–H groups in total. The highest BCUT2D eigenvalue weighted by Crippen LogP contribution is 2.57. The predicted octanol–water partition coefficient (Wildman–Crippen LogP) is 2.56. The van der Waals surface area contributed by atoms with E-state index in [-0.39, 0.29) is 17.8 Å². The molecule has 3 aliphatic rings. The Morgan fingerprint density at radius 1 is 1.10 bits per heavy atom. The number of hydrogen-bond acceptors (Lipinski definition) is 3. The third-order valence-electron chi connectivity index (χ3n) is 4.90. The molecule has 0 radical (unpaired) electrons. The molecule has 0 aromatic heterocycles. The first-order valence-electron chi connectivity index (χ1n) is 7.16. The van der Waals surface area contributed by atoms with Crippen LogP contribution in [-0.4, -0.2) is 18.2 Å². The lowest BCUT2D eigenvalue weighted by Gasteiger charge is -2.49. The summed E-state index contributed by atoms with van der Waals surface area (Å²) in [6.45, 7) is 0. The number of rotatable bonds is 1. The Bertz CT molecular complexity index is 687. The fourth-order valence-corrected chi connectivity index (χ4v) is 4.06. The van der Waals surface area contributed by atoms with Gasteiger partial charge in [0.05, 0.1) is 13.0 Å². The molecule has 2 bridgehead atoms. The van der Waals surface area contributed by atoms with Gasteiger partial charge in [-0.05, 0) is 28.7 Å². The van der Waals surface area contributed by atoms with Crippen molar-refractivity contribution in [3.05, 3.63) is 70.8 Å². The van der Waals surface area contributed by atoms with Crippen molar-refractivity contribution in [2.24, 2.45) is 5.92 Å². The highest BCUT2D eigenvalue weighted by molar-refractivity contribution is 5.78. The van der Waals surface area contributed by atoms with Gasteiger partial charge in [0, 0.05) is 5.92 Å². The molecule has 3 aliphatic carbocycles. The number of methoxy groups -OCH3 is 1. The van der Waals surface area contributed by atoms with E-state index < -0.39 is 5.60 Å². The molecule has 5 rings (SSSR count). The van der Waals surface area contributed by atoms with Crippen molar-refractivity contribution in [3.63, 3.8) is 0 Å². The van der Waals surface area contributed by atoms with E-state index in [0.717, 1.165) is 22.3 Å². The third kappa shape index (κ3) is 1.49. The lowest BCUT2D eigenvalue weighted by atomic mass is 9.57. The van der Waals surface area contributed by atoms with Crippen molar-refractivity contribution in [2.75, 3.05) is 7.11 Å². The van der Waals surface area contributed by atoms with Gasteiger partial charge in [-0.1, -0.05) is 48.5 Å². The van der Waals surface area contributed by atoms with Gasteiger partial charge in [-0.15, -0.1) is 0 Å². The van der Waals surface area contributed by atoms with Gasteiger partial charge in [0.15, 0.2) is 0 Å². The van der Waals surface area contributed by atoms with Crippen LogP contribution < -0.4 is 0 Å². The molecule has 1 atom stereocenters. The second-order valence-corrected chi connectivity index (χ2v) is 5.85. The number of benzene rings is 2. The highest BCUT2D eigenvalue weighted by atomic mass is 16.5. The normalized spacial score (nSPS) is 28.7. The van der Waals surface area contributed by atoms with E-state index in [4.69, 9.17) is 4.74 Å². The zero-order valence-corrected chi connectivity index (χ0v) is 11.7. The molecule has 0 saturated heterocycles. The van der Waals surface area contributed by atoms with E-state index in [1.165, 1.54) is 7.11 Å². The van der Waals surface area contributed by atoms with Crippen LogP contribution in [0.1, 0.15) is 34.6 Å². The summed E-state index contributed by atoms with van der Waals surface area (Å²) < 4.78 is 4.97. The minimum absolute atomic E-state index is 0.0288. The molecule has 2 aromatic carbocycles. The van der Waals surface area contributed by atoms with Crippen LogP contribution in [0.4, 0.5) is 0 Å². The Morgan fingerprint density at radius 3 is 2.14 bits per heavy atom.